The maximum atomic E-state index is 12.4. The van der Waals surface area contributed by atoms with Crippen molar-refractivity contribution in [3.8, 4) is 22.1 Å². The molecule has 1 aromatic heterocycles. The Morgan fingerprint density at radius 1 is 1.15 bits per heavy atom. The number of carbonyl (C=O) groups excluding carboxylic acids is 1. The number of nitrogens with one attached hydrogen (secondary N) is 1. The van der Waals surface area contributed by atoms with Gasteiger partial charge in [0.1, 0.15) is 5.01 Å². The molecule has 0 spiro atoms. The summed E-state index contributed by atoms with van der Waals surface area (Å²) in [7, 11) is 0. The Bertz CT molecular complexity index is 981. The van der Waals surface area contributed by atoms with Crippen molar-refractivity contribution in [1.82, 2.24) is 4.98 Å². The number of hydrogen-bond donors (Lipinski definition) is 1. The lowest BCUT2D eigenvalue weighted by Gasteiger charge is -2.05. The number of aromatic nitrogens is 1. The van der Waals surface area contributed by atoms with Crippen LogP contribution in [0.1, 0.15) is 16.1 Å². The molecule has 1 aliphatic heterocycles. The van der Waals surface area contributed by atoms with Crippen LogP contribution in [0.4, 0.5) is 5.69 Å². The number of rotatable bonds is 4. The molecular weight excluding hydrogens is 348 g/mol. The van der Waals surface area contributed by atoms with E-state index in [1.54, 1.807) is 23.5 Å². The summed E-state index contributed by atoms with van der Waals surface area (Å²) in [4.78, 5) is 18.1. The first kappa shape index (κ1) is 16.6. The van der Waals surface area contributed by atoms with Crippen molar-refractivity contribution in [2.75, 3.05) is 12.1 Å². The van der Waals surface area contributed by atoms with Crippen molar-refractivity contribution < 1.29 is 14.3 Å². The minimum absolute atomic E-state index is 0.0769. The van der Waals surface area contributed by atoms with Gasteiger partial charge < -0.3 is 14.8 Å². The Morgan fingerprint density at radius 2 is 1.96 bits per heavy atom. The van der Waals surface area contributed by atoms with Gasteiger partial charge in [-0.05, 0) is 31.5 Å². The van der Waals surface area contributed by atoms with Gasteiger partial charge in [-0.15, -0.1) is 11.3 Å². The Balaban J connectivity index is 1.49. The van der Waals surface area contributed by atoms with Crippen molar-refractivity contribution in [2.45, 2.75) is 20.3 Å². The first-order valence-electron chi connectivity index (χ1n) is 8.32. The number of aryl methyl sites for hydroxylation is 2. The molecule has 0 unspecified atom stereocenters. The summed E-state index contributed by atoms with van der Waals surface area (Å²) >= 11 is 1.57. The molecule has 2 heterocycles. The fraction of sp³-hybridized carbons (Fsp3) is 0.200. The van der Waals surface area contributed by atoms with E-state index in [4.69, 9.17) is 9.47 Å². The first-order chi connectivity index (χ1) is 12.6. The minimum Gasteiger partial charge on any atom is -0.454 e. The van der Waals surface area contributed by atoms with Gasteiger partial charge in [-0.2, -0.15) is 0 Å². The third-order valence-corrected chi connectivity index (χ3v) is 5.44. The smallest absolute Gasteiger partial charge is 0.231 e. The molecule has 3 aromatic rings. The molecule has 1 N–H and O–H groups in total. The lowest BCUT2D eigenvalue weighted by molar-refractivity contribution is -0.115. The first-order valence-corrected chi connectivity index (χ1v) is 9.13. The van der Waals surface area contributed by atoms with Gasteiger partial charge in [-0.25, -0.2) is 4.98 Å². The van der Waals surface area contributed by atoms with Crippen LogP contribution in [0.2, 0.25) is 0 Å². The maximum Gasteiger partial charge on any atom is 0.231 e. The van der Waals surface area contributed by atoms with E-state index in [0.717, 1.165) is 21.1 Å². The van der Waals surface area contributed by atoms with Gasteiger partial charge in [0.25, 0.3) is 0 Å². The number of ether oxygens (including phenoxy) is 2. The van der Waals surface area contributed by atoms with E-state index in [0.29, 0.717) is 23.6 Å². The second-order valence-corrected chi connectivity index (χ2v) is 7.22. The average Bonchev–Trinajstić information content (AvgIpc) is 3.22. The van der Waals surface area contributed by atoms with Crippen LogP contribution in [0.3, 0.4) is 0 Å². The third kappa shape index (κ3) is 3.28. The second-order valence-electron chi connectivity index (χ2n) is 6.14. The summed E-state index contributed by atoms with van der Waals surface area (Å²) in [5, 5.41) is 3.86. The largest absolute Gasteiger partial charge is 0.454 e. The van der Waals surface area contributed by atoms with Crippen molar-refractivity contribution in [1.29, 1.82) is 0 Å². The van der Waals surface area contributed by atoms with Crippen molar-refractivity contribution >= 4 is 22.9 Å². The molecule has 0 atom stereocenters. The van der Waals surface area contributed by atoms with Crippen LogP contribution >= 0.6 is 11.3 Å². The molecule has 0 radical (unpaired) electrons. The molecule has 5 nitrogen and oxygen atoms in total. The van der Waals surface area contributed by atoms with Crippen molar-refractivity contribution in [3.63, 3.8) is 0 Å². The van der Waals surface area contributed by atoms with Gasteiger partial charge in [-0.3, -0.25) is 4.79 Å². The number of hydrogen-bond acceptors (Lipinski definition) is 5. The summed E-state index contributed by atoms with van der Waals surface area (Å²) in [6.07, 6.45) is 0.295. The van der Waals surface area contributed by atoms with Crippen LogP contribution < -0.4 is 14.8 Å². The van der Waals surface area contributed by atoms with E-state index in [-0.39, 0.29) is 12.7 Å². The molecule has 0 saturated heterocycles. The SMILES string of the molecule is Cc1ccccc1-c1nc(C)c(CC(=O)Nc2ccc3c(c2)OCO3)s1. The monoisotopic (exact) mass is 366 g/mol. The van der Waals surface area contributed by atoms with E-state index in [1.165, 1.54) is 5.56 Å². The van der Waals surface area contributed by atoms with Gasteiger partial charge in [0, 0.05) is 22.2 Å². The highest BCUT2D eigenvalue weighted by Gasteiger charge is 2.16. The van der Waals surface area contributed by atoms with Gasteiger partial charge in [-0.1, -0.05) is 24.3 Å². The lowest BCUT2D eigenvalue weighted by Crippen LogP contribution is -2.14. The quantitative estimate of drug-likeness (QED) is 0.746. The van der Waals surface area contributed by atoms with Crippen LogP contribution in [0, 0.1) is 13.8 Å². The van der Waals surface area contributed by atoms with Crippen LogP contribution in [0.15, 0.2) is 42.5 Å². The number of amides is 1. The zero-order chi connectivity index (χ0) is 18.1. The Labute approximate surface area is 155 Å². The summed E-state index contributed by atoms with van der Waals surface area (Å²) in [6, 6.07) is 13.5. The standard InChI is InChI=1S/C20H18N2O3S/c1-12-5-3-4-6-15(12)20-21-13(2)18(26-20)10-19(23)22-14-7-8-16-17(9-14)25-11-24-16/h3-9H,10-11H2,1-2H3,(H,22,23). The zero-order valence-corrected chi connectivity index (χ0v) is 15.4. The summed E-state index contributed by atoms with van der Waals surface area (Å²) in [5.41, 5.74) is 3.88. The number of fused-ring (bicyclic) bond motifs is 1. The number of thiazole rings is 1. The van der Waals surface area contributed by atoms with Gasteiger partial charge in [0.2, 0.25) is 12.7 Å². The van der Waals surface area contributed by atoms with Gasteiger partial charge in [0.15, 0.2) is 11.5 Å². The molecular formula is C20H18N2O3S. The minimum atomic E-state index is -0.0769. The van der Waals surface area contributed by atoms with Gasteiger partial charge in [0.05, 0.1) is 12.1 Å². The second kappa shape index (κ2) is 6.80. The van der Waals surface area contributed by atoms with E-state index in [1.807, 2.05) is 25.1 Å². The summed E-state index contributed by atoms with van der Waals surface area (Å²) < 4.78 is 10.6. The predicted molar refractivity (Wildman–Crippen MR) is 102 cm³/mol. The van der Waals surface area contributed by atoms with Crippen molar-refractivity contribution in [3.05, 3.63) is 58.6 Å². The normalized spacial score (nSPS) is 12.2. The van der Waals surface area contributed by atoms with E-state index in [2.05, 4.69) is 29.4 Å². The van der Waals surface area contributed by atoms with Crippen LogP contribution in [0.5, 0.6) is 11.5 Å². The molecule has 0 saturated carbocycles. The fourth-order valence-corrected chi connectivity index (χ4v) is 4.00. The molecule has 6 heteroatoms. The van der Waals surface area contributed by atoms with E-state index >= 15 is 0 Å². The third-order valence-electron chi connectivity index (χ3n) is 4.25. The topological polar surface area (TPSA) is 60.5 Å². The molecule has 132 valence electrons. The molecule has 0 aliphatic carbocycles. The van der Waals surface area contributed by atoms with Crippen LogP contribution in [0.25, 0.3) is 10.6 Å². The summed E-state index contributed by atoms with van der Waals surface area (Å²) in [5.74, 6) is 1.27. The number of benzene rings is 2. The Morgan fingerprint density at radius 3 is 2.81 bits per heavy atom. The molecule has 0 bridgehead atoms. The molecule has 2 aromatic carbocycles. The average molecular weight is 366 g/mol. The molecule has 0 fully saturated rings. The Hall–Kier alpha value is -2.86. The van der Waals surface area contributed by atoms with Crippen LogP contribution in [-0.2, 0) is 11.2 Å². The lowest BCUT2D eigenvalue weighted by atomic mass is 10.1. The highest BCUT2D eigenvalue weighted by Crippen LogP contribution is 2.34. The molecule has 1 aliphatic rings. The number of nitrogens with zero attached hydrogens (tertiary/aromatic N) is 1. The fourth-order valence-electron chi connectivity index (χ4n) is 2.85. The van der Waals surface area contributed by atoms with Gasteiger partial charge >= 0.3 is 0 Å². The molecule has 4 rings (SSSR count). The number of anilines is 1. The Kier molecular flexibility index (Phi) is 4.34. The van der Waals surface area contributed by atoms with Crippen molar-refractivity contribution in [2.24, 2.45) is 0 Å². The van der Waals surface area contributed by atoms with Crippen LogP contribution in [-0.4, -0.2) is 17.7 Å². The van der Waals surface area contributed by atoms with E-state index < -0.39 is 0 Å². The summed E-state index contributed by atoms with van der Waals surface area (Å²) in [6.45, 7) is 4.23. The number of carbonyl (C=O) groups is 1. The zero-order valence-electron chi connectivity index (χ0n) is 14.5. The highest BCUT2D eigenvalue weighted by molar-refractivity contribution is 7.15. The van der Waals surface area contributed by atoms with E-state index in [9.17, 15) is 4.79 Å². The molecule has 26 heavy (non-hydrogen) atoms. The predicted octanol–water partition coefficient (Wildman–Crippen LogP) is 4.34. The molecule has 1 amide bonds. The highest BCUT2D eigenvalue weighted by atomic mass is 32.1. The maximum absolute atomic E-state index is 12.4.